The highest BCUT2D eigenvalue weighted by Crippen LogP contribution is 2.30. The number of nitrogens with one attached hydrogen (secondary N) is 7. The molecule has 5 rings (SSSR count). The molecule has 0 aliphatic carbocycles. The zero-order chi connectivity index (χ0) is 63.5. The topological polar surface area (TPSA) is 283 Å². The lowest BCUT2D eigenvalue weighted by atomic mass is 9.76. The van der Waals surface area contributed by atoms with Crippen molar-refractivity contribution in [1.82, 2.24) is 36.8 Å². The molecule has 1 aliphatic heterocycles. The van der Waals surface area contributed by atoms with Crippen LogP contribution in [0.4, 0.5) is 21.0 Å². The average Bonchev–Trinajstić information content (AvgIpc) is 1.86. The van der Waals surface area contributed by atoms with Crippen molar-refractivity contribution in [2.75, 3.05) is 37.4 Å². The van der Waals surface area contributed by atoms with E-state index in [0.29, 0.717) is 29.0 Å². The van der Waals surface area contributed by atoms with Crippen LogP contribution < -0.4 is 47.9 Å². The number of alkyl carbamates (subject to hydrolysis) is 1. The summed E-state index contributed by atoms with van der Waals surface area (Å²) in [5, 5.41) is 29.7. The molecule has 462 valence electrons. The van der Waals surface area contributed by atoms with Crippen molar-refractivity contribution in [3.8, 4) is 11.8 Å². The van der Waals surface area contributed by atoms with E-state index in [4.69, 9.17) is 10.5 Å². The second kappa shape index (κ2) is 31.6. The van der Waals surface area contributed by atoms with Crippen LogP contribution >= 0.6 is 0 Å². The minimum atomic E-state index is -1.10. The number of carbonyl (C=O) groups excluding carboxylic acids is 7. The van der Waals surface area contributed by atoms with Gasteiger partial charge in [0, 0.05) is 72.4 Å². The van der Waals surface area contributed by atoms with Crippen molar-refractivity contribution in [2.24, 2.45) is 23.0 Å². The molecule has 1 heterocycles. The number of carboxylic acids is 1. The van der Waals surface area contributed by atoms with Gasteiger partial charge in [0.25, 0.3) is 0 Å². The second-order valence-corrected chi connectivity index (χ2v) is 24.2. The fraction of sp³-hybridized carbons (Fsp3) is 0.455. The van der Waals surface area contributed by atoms with Gasteiger partial charge < -0.3 is 57.7 Å². The van der Waals surface area contributed by atoms with Gasteiger partial charge in [-0.25, -0.2) is 14.4 Å². The Morgan fingerprint density at radius 3 is 2.00 bits per heavy atom. The smallest absolute Gasteiger partial charge is 0.407 e. The van der Waals surface area contributed by atoms with Gasteiger partial charge in [-0.15, -0.1) is 0 Å². The number of nitrogens with zero attached hydrogens (tertiary/aromatic N) is 2. The number of rotatable bonds is 28. The van der Waals surface area contributed by atoms with Gasteiger partial charge in [0.2, 0.25) is 29.5 Å². The first-order valence-electron chi connectivity index (χ1n) is 29.2. The number of likely N-dealkylation sites (N-methyl/N-ethyl adjacent to an activating group) is 2. The maximum atomic E-state index is 14.1. The monoisotopic (exact) mass is 1180 g/mol. The first kappa shape index (κ1) is 68.2. The van der Waals surface area contributed by atoms with E-state index in [-0.39, 0.29) is 92.7 Å². The normalized spacial score (nSPS) is 14.1. The van der Waals surface area contributed by atoms with Crippen LogP contribution in [-0.4, -0.2) is 115 Å². The SMILES string of the molecule is CN[C@@H](C(=O)N[C@H](CN(C)[C@H](/C=C(\C)C(=O)O)C(C)C)C(C)(C)C)C(C)(C)c1ccc(CNC(=O)OCc2ccc(NC(=O)[C@H](CCCNC(N)=O)NC(=O)[C@@H](NC(=O)CCC(=O)N3Cc4ccccc4C#Cc4ccccc43)C(C)C)cc2)cc1. The Morgan fingerprint density at radius 2 is 1.38 bits per heavy atom. The van der Waals surface area contributed by atoms with Crippen molar-refractivity contribution < 1.29 is 48.2 Å². The molecule has 0 aromatic heterocycles. The summed E-state index contributed by atoms with van der Waals surface area (Å²) in [6.07, 6.45) is 1.14. The summed E-state index contributed by atoms with van der Waals surface area (Å²) in [7, 11) is 3.70. The number of para-hydroxylation sites is 1. The maximum Gasteiger partial charge on any atom is 0.407 e. The molecule has 0 bridgehead atoms. The lowest BCUT2D eigenvalue weighted by Gasteiger charge is -2.40. The van der Waals surface area contributed by atoms with Crippen LogP contribution in [-0.2, 0) is 58.6 Å². The molecule has 0 saturated carbocycles. The van der Waals surface area contributed by atoms with Crippen LogP contribution in [0.5, 0.6) is 0 Å². The average molecular weight is 1180 g/mol. The number of hydrogen-bond acceptors (Lipinski definition) is 11. The first-order valence-corrected chi connectivity index (χ1v) is 29.2. The van der Waals surface area contributed by atoms with Gasteiger partial charge in [-0.2, -0.15) is 0 Å². The van der Waals surface area contributed by atoms with Crippen LogP contribution in [0.15, 0.2) is 109 Å². The van der Waals surface area contributed by atoms with Gasteiger partial charge in [0.1, 0.15) is 18.7 Å². The number of fused-ring (bicyclic) bond motifs is 2. The Morgan fingerprint density at radius 1 is 0.756 bits per heavy atom. The van der Waals surface area contributed by atoms with Crippen molar-refractivity contribution in [3.05, 3.63) is 142 Å². The molecule has 0 saturated heterocycles. The molecule has 1 aliphatic rings. The molecule has 20 nitrogen and oxygen atoms in total. The van der Waals surface area contributed by atoms with Gasteiger partial charge in [-0.1, -0.05) is 147 Å². The van der Waals surface area contributed by atoms with E-state index in [9.17, 15) is 43.5 Å². The number of urea groups is 1. The molecule has 4 aromatic rings. The quantitative estimate of drug-likeness (QED) is 0.0155. The summed E-state index contributed by atoms with van der Waals surface area (Å²) in [5.41, 5.74) is 10.2. The highest BCUT2D eigenvalue weighted by Gasteiger charge is 2.39. The van der Waals surface area contributed by atoms with Crippen LogP contribution in [0.3, 0.4) is 0 Å². The molecule has 0 spiro atoms. The lowest BCUT2D eigenvalue weighted by Crippen LogP contribution is -2.59. The molecule has 10 N–H and O–H groups in total. The molecule has 0 unspecified atom stereocenters. The largest absolute Gasteiger partial charge is 0.478 e. The number of amides is 8. The van der Waals surface area contributed by atoms with Gasteiger partial charge in [-0.05, 0) is 104 Å². The summed E-state index contributed by atoms with van der Waals surface area (Å²) < 4.78 is 5.50. The Labute approximate surface area is 506 Å². The Bertz CT molecular complexity index is 3120. The fourth-order valence-electron chi connectivity index (χ4n) is 10.1. The molecule has 0 fully saturated rings. The number of hydrogen-bond donors (Lipinski definition) is 9. The summed E-state index contributed by atoms with van der Waals surface area (Å²) in [6.45, 7) is 20.3. The minimum absolute atomic E-state index is 0.0787. The predicted molar refractivity (Wildman–Crippen MR) is 333 cm³/mol. The number of carbonyl (C=O) groups is 8. The third-order valence-electron chi connectivity index (χ3n) is 15.4. The highest BCUT2D eigenvalue weighted by atomic mass is 16.5. The maximum absolute atomic E-state index is 14.1. The fourth-order valence-corrected chi connectivity index (χ4v) is 10.1. The Balaban J connectivity index is 1.13. The summed E-state index contributed by atoms with van der Waals surface area (Å²) in [6, 6.07) is 25.2. The summed E-state index contributed by atoms with van der Waals surface area (Å²) >= 11 is 0. The molecule has 20 heteroatoms. The second-order valence-electron chi connectivity index (χ2n) is 24.2. The van der Waals surface area contributed by atoms with E-state index in [2.05, 4.69) is 74.7 Å². The first-order chi connectivity index (χ1) is 40.6. The molecular weight excluding hydrogens is 1090 g/mol. The third-order valence-corrected chi connectivity index (χ3v) is 15.4. The van der Waals surface area contributed by atoms with Crippen molar-refractivity contribution in [1.29, 1.82) is 0 Å². The summed E-state index contributed by atoms with van der Waals surface area (Å²) in [5.74, 6) is 2.95. The van der Waals surface area contributed by atoms with Crippen LogP contribution in [0.1, 0.15) is 128 Å². The number of benzene rings is 4. The van der Waals surface area contributed by atoms with Crippen molar-refractivity contribution >= 4 is 59.0 Å². The highest BCUT2D eigenvalue weighted by molar-refractivity contribution is 6.00. The number of carboxylic acid groups (broad SMARTS) is 1. The molecule has 5 atom stereocenters. The molecule has 4 aromatic carbocycles. The van der Waals surface area contributed by atoms with E-state index in [1.807, 2.05) is 108 Å². The Hall–Kier alpha value is -8.54. The van der Waals surface area contributed by atoms with Gasteiger partial charge >= 0.3 is 18.1 Å². The number of anilines is 2. The van der Waals surface area contributed by atoms with E-state index in [0.717, 1.165) is 22.3 Å². The van der Waals surface area contributed by atoms with E-state index in [1.165, 1.54) is 0 Å². The molecule has 86 heavy (non-hydrogen) atoms. The molecule has 8 amide bonds. The van der Waals surface area contributed by atoms with Gasteiger partial charge in [-0.3, -0.25) is 28.9 Å². The summed E-state index contributed by atoms with van der Waals surface area (Å²) in [4.78, 5) is 109. The van der Waals surface area contributed by atoms with Gasteiger partial charge in [0.15, 0.2) is 0 Å². The van der Waals surface area contributed by atoms with Crippen LogP contribution in [0, 0.1) is 29.1 Å². The van der Waals surface area contributed by atoms with E-state index in [1.54, 1.807) is 63.1 Å². The molecule has 0 radical (unpaired) electrons. The standard InChI is InChI=1S/C66H88N10O10/c1-41(2)53(36-43(5)62(82)83)75(12)39-54(65(6,7)8)73-61(81)58(68-11)66(9,10)49-29-23-44(24-30-49)37-70-64(85)86-40-45-25-31-50(32-26-45)71-59(79)51(21-17-35-69-63(67)84)72-60(80)57(42(3)4)74-55(77)33-34-56(78)76-38-48-20-14-13-18-46(48)27-28-47-19-15-16-22-52(47)76/h13-16,18-20,22-26,29-32,36,41-42,51,53-54,57-58,68H,17,21,33-35,37-40H2,1-12H3,(H,70,85)(H,71,79)(H,72,80)(H,73,81)(H,74,77)(H,82,83)(H3,67,69,84)/b43-36+/t51-,53+,54+,57-,58-/m0/s1. The Kier molecular flexibility index (Phi) is 25.0. The zero-order valence-corrected chi connectivity index (χ0v) is 51.8. The number of nitrogens with two attached hydrogens (primary N) is 1. The number of aliphatic carboxylic acids is 1. The van der Waals surface area contributed by atoms with E-state index >= 15 is 0 Å². The van der Waals surface area contributed by atoms with Gasteiger partial charge in [0.05, 0.1) is 18.3 Å². The van der Waals surface area contributed by atoms with Crippen molar-refractivity contribution in [3.63, 3.8) is 0 Å². The predicted octanol–water partition coefficient (Wildman–Crippen LogP) is 7.24. The van der Waals surface area contributed by atoms with Crippen molar-refractivity contribution in [2.45, 2.75) is 150 Å². The van der Waals surface area contributed by atoms with E-state index < -0.39 is 65.3 Å². The van der Waals surface area contributed by atoms with Crippen LogP contribution in [0.2, 0.25) is 0 Å². The molecular formula is C66H88N10O10. The lowest BCUT2D eigenvalue weighted by molar-refractivity contribution is -0.132. The van der Waals surface area contributed by atoms with Crippen LogP contribution in [0.25, 0.3) is 0 Å². The minimum Gasteiger partial charge on any atom is -0.478 e. The zero-order valence-electron chi connectivity index (χ0n) is 51.8. The third kappa shape index (κ3) is 20.0. The number of primary amides is 1. The number of ether oxygens (including phenoxy) is 1.